The van der Waals surface area contributed by atoms with Gasteiger partial charge in [-0.1, -0.05) is 25.1 Å². The molecule has 2 heterocycles. The highest BCUT2D eigenvalue weighted by Crippen LogP contribution is 2.30. The first-order chi connectivity index (χ1) is 19.6. The van der Waals surface area contributed by atoms with Gasteiger partial charge in [0.1, 0.15) is 23.4 Å². The summed E-state index contributed by atoms with van der Waals surface area (Å²) in [7, 11) is 0. The van der Waals surface area contributed by atoms with Gasteiger partial charge in [0.2, 0.25) is 11.8 Å². The molecule has 4 rings (SSSR count). The Morgan fingerprint density at radius 3 is 2.34 bits per heavy atom. The number of likely N-dealkylation sites (tertiary alicyclic amines) is 1. The first kappa shape index (κ1) is 29.3. The molecule has 2 unspecified atom stereocenters. The number of amidine groups is 1. The third kappa shape index (κ3) is 7.48. The Kier molecular flexibility index (Phi) is 9.35. The van der Waals surface area contributed by atoms with E-state index in [0.29, 0.717) is 29.0 Å². The van der Waals surface area contributed by atoms with Crippen molar-refractivity contribution in [2.75, 3.05) is 6.54 Å². The van der Waals surface area contributed by atoms with Crippen molar-refractivity contribution < 1.29 is 23.9 Å². The van der Waals surface area contributed by atoms with Gasteiger partial charge in [0.25, 0.3) is 5.91 Å². The maximum absolute atomic E-state index is 13.2. The first-order valence-electron chi connectivity index (χ1n) is 13.0. The molecule has 0 spiro atoms. The van der Waals surface area contributed by atoms with E-state index in [1.165, 1.54) is 11.3 Å². The van der Waals surface area contributed by atoms with E-state index >= 15 is 0 Å². The van der Waals surface area contributed by atoms with Crippen LogP contribution >= 0.6 is 11.3 Å². The summed E-state index contributed by atoms with van der Waals surface area (Å²) < 4.78 is 5.75. The van der Waals surface area contributed by atoms with E-state index in [2.05, 4.69) is 15.6 Å². The van der Waals surface area contributed by atoms with E-state index in [1.54, 1.807) is 40.6 Å². The molecule has 41 heavy (non-hydrogen) atoms. The molecule has 6 N–H and O–H groups in total. The second-order valence-electron chi connectivity index (χ2n) is 9.75. The molecule has 1 aliphatic rings. The topological polar surface area (TPSA) is 169 Å². The third-order valence-electron chi connectivity index (χ3n) is 6.90. The number of nitrogens with zero attached hydrogens (tertiary/aromatic N) is 2. The number of carbonyl (C=O) groups excluding carboxylic acids is 4. The fraction of sp³-hybridized carbons (Fsp3) is 0.276. The molecule has 0 aliphatic carbocycles. The lowest BCUT2D eigenvalue weighted by atomic mass is 10.0. The minimum atomic E-state index is -0.889. The Labute approximate surface area is 241 Å². The normalized spacial score (nSPS) is 18.5. The number of primary amides is 1. The third-order valence-corrected chi connectivity index (χ3v) is 7.83. The molecule has 0 saturated carbocycles. The van der Waals surface area contributed by atoms with Crippen molar-refractivity contribution in [1.82, 2.24) is 15.5 Å². The van der Waals surface area contributed by atoms with Crippen LogP contribution in [0.5, 0.6) is 11.5 Å². The van der Waals surface area contributed by atoms with Gasteiger partial charge in [-0.2, -0.15) is 4.99 Å². The predicted octanol–water partition coefficient (Wildman–Crippen LogP) is 3.00. The van der Waals surface area contributed by atoms with Gasteiger partial charge in [-0.3, -0.25) is 14.4 Å². The number of para-hydroxylation sites is 1. The molecule has 3 atom stereocenters. The molecule has 1 saturated heterocycles. The Balaban J connectivity index is 1.32. The van der Waals surface area contributed by atoms with Crippen LogP contribution in [-0.2, 0) is 16.1 Å². The fourth-order valence-electron chi connectivity index (χ4n) is 4.59. The van der Waals surface area contributed by atoms with Crippen LogP contribution in [0.15, 0.2) is 71.0 Å². The van der Waals surface area contributed by atoms with Gasteiger partial charge in [0.05, 0.1) is 13.1 Å². The number of hydrogen-bond donors (Lipinski definition) is 4. The summed E-state index contributed by atoms with van der Waals surface area (Å²) in [6.07, 6.45) is 0.503. The largest absolute Gasteiger partial charge is 0.457 e. The smallest absolute Gasteiger partial charge is 0.340 e. The van der Waals surface area contributed by atoms with Crippen LogP contribution in [0, 0.1) is 5.92 Å². The molecular weight excluding hydrogens is 544 g/mol. The summed E-state index contributed by atoms with van der Waals surface area (Å²) in [5.74, 6) is 0.330. The number of rotatable bonds is 9. The standard InChI is InChI=1S/C29H32N6O5S/c1-17-12-24(28(38)32-14-23-13-20(16-41-23)26(30)34-29(31)39)35(18(17)2)25(36)15-33-27(37)19-8-10-22(11-9-19)40-21-6-4-3-5-7-21/h3-11,13,16-18,24H,12,14-15H2,1-2H3,(H,32,38)(H,33,37)(H4,30,31,34,39)/t17-,18?,24?/m0/s1. The highest BCUT2D eigenvalue weighted by Gasteiger charge is 2.42. The molecule has 1 aliphatic heterocycles. The van der Waals surface area contributed by atoms with Gasteiger partial charge < -0.3 is 31.7 Å². The SMILES string of the molecule is CC1[C@@H](C)CC(C(=O)NCc2cc(/C(N)=N/C(N)=O)cs2)N1C(=O)CNC(=O)c1ccc(Oc2ccccc2)cc1. The van der Waals surface area contributed by atoms with Crippen LogP contribution < -0.4 is 26.8 Å². The number of hydrogen-bond acceptors (Lipinski definition) is 6. The van der Waals surface area contributed by atoms with E-state index in [1.807, 2.05) is 44.2 Å². The molecule has 1 fully saturated rings. The van der Waals surface area contributed by atoms with Gasteiger partial charge in [-0.25, -0.2) is 4.79 Å². The molecule has 3 aromatic rings. The zero-order chi connectivity index (χ0) is 29.5. The Hall–Kier alpha value is -4.71. The number of nitrogens with one attached hydrogen (secondary N) is 2. The van der Waals surface area contributed by atoms with Crippen molar-refractivity contribution in [2.24, 2.45) is 22.4 Å². The summed E-state index contributed by atoms with van der Waals surface area (Å²) in [5.41, 5.74) is 11.7. The number of amides is 5. The van der Waals surface area contributed by atoms with Crippen molar-refractivity contribution in [2.45, 2.75) is 38.9 Å². The summed E-state index contributed by atoms with van der Waals surface area (Å²) in [6, 6.07) is 15.9. The Bertz CT molecular complexity index is 1440. The van der Waals surface area contributed by atoms with Gasteiger partial charge in [0, 0.05) is 27.4 Å². The summed E-state index contributed by atoms with van der Waals surface area (Å²) in [5, 5.41) is 7.26. The molecule has 2 aromatic carbocycles. The van der Waals surface area contributed by atoms with Crippen molar-refractivity contribution in [3.05, 3.63) is 82.0 Å². The number of thiophene rings is 1. The molecule has 5 amide bonds. The molecule has 214 valence electrons. The van der Waals surface area contributed by atoms with Gasteiger partial charge >= 0.3 is 6.03 Å². The van der Waals surface area contributed by atoms with Crippen LogP contribution in [0.2, 0.25) is 0 Å². The first-order valence-corrected chi connectivity index (χ1v) is 13.9. The number of nitrogens with two attached hydrogens (primary N) is 2. The fourth-order valence-corrected chi connectivity index (χ4v) is 5.40. The van der Waals surface area contributed by atoms with Gasteiger partial charge in [-0.15, -0.1) is 11.3 Å². The highest BCUT2D eigenvalue weighted by atomic mass is 32.1. The molecule has 12 heteroatoms. The van der Waals surface area contributed by atoms with Gasteiger partial charge in [0.15, 0.2) is 0 Å². The van der Waals surface area contributed by atoms with E-state index < -0.39 is 18.0 Å². The van der Waals surface area contributed by atoms with Crippen LogP contribution in [0.25, 0.3) is 0 Å². The van der Waals surface area contributed by atoms with Crippen LogP contribution in [0.4, 0.5) is 4.79 Å². The van der Waals surface area contributed by atoms with Gasteiger partial charge in [-0.05, 0) is 61.7 Å². The average molecular weight is 577 g/mol. The predicted molar refractivity (Wildman–Crippen MR) is 156 cm³/mol. The number of carbonyl (C=O) groups is 4. The quantitative estimate of drug-likeness (QED) is 0.225. The number of ether oxygens (including phenoxy) is 1. The van der Waals surface area contributed by atoms with Crippen molar-refractivity contribution in [3.8, 4) is 11.5 Å². The molecule has 0 bridgehead atoms. The lowest BCUT2D eigenvalue weighted by molar-refractivity contribution is -0.139. The molecular formula is C29H32N6O5S. The van der Waals surface area contributed by atoms with Crippen molar-refractivity contribution >= 4 is 40.9 Å². The lowest BCUT2D eigenvalue weighted by Crippen LogP contribution is -2.51. The van der Waals surface area contributed by atoms with Crippen LogP contribution in [-0.4, -0.2) is 53.1 Å². The monoisotopic (exact) mass is 576 g/mol. The highest BCUT2D eigenvalue weighted by molar-refractivity contribution is 7.10. The summed E-state index contributed by atoms with van der Waals surface area (Å²) in [4.78, 5) is 55.8. The number of urea groups is 1. The van der Waals surface area contributed by atoms with Crippen molar-refractivity contribution in [1.29, 1.82) is 0 Å². The molecule has 1 aromatic heterocycles. The van der Waals surface area contributed by atoms with Crippen LogP contribution in [0.3, 0.4) is 0 Å². The number of benzene rings is 2. The summed E-state index contributed by atoms with van der Waals surface area (Å²) >= 11 is 1.34. The second-order valence-corrected chi connectivity index (χ2v) is 10.7. The average Bonchev–Trinajstić information content (AvgIpc) is 3.55. The van der Waals surface area contributed by atoms with E-state index in [9.17, 15) is 19.2 Å². The zero-order valence-corrected chi connectivity index (χ0v) is 23.5. The molecule has 0 radical (unpaired) electrons. The van der Waals surface area contributed by atoms with E-state index in [-0.39, 0.29) is 42.7 Å². The lowest BCUT2D eigenvalue weighted by Gasteiger charge is -2.28. The minimum Gasteiger partial charge on any atom is -0.457 e. The van der Waals surface area contributed by atoms with E-state index in [0.717, 1.165) is 4.88 Å². The minimum absolute atomic E-state index is 0.0000452. The maximum atomic E-state index is 13.2. The van der Waals surface area contributed by atoms with E-state index in [4.69, 9.17) is 16.2 Å². The number of aliphatic imine (C=N–C) groups is 1. The zero-order valence-electron chi connectivity index (χ0n) is 22.7. The van der Waals surface area contributed by atoms with Crippen molar-refractivity contribution in [3.63, 3.8) is 0 Å². The Morgan fingerprint density at radius 2 is 1.66 bits per heavy atom. The Morgan fingerprint density at radius 1 is 0.976 bits per heavy atom. The maximum Gasteiger partial charge on any atom is 0.340 e. The van der Waals surface area contributed by atoms with Crippen LogP contribution in [0.1, 0.15) is 41.1 Å². The molecule has 11 nitrogen and oxygen atoms in total. The second kappa shape index (κ2) is 13.1. The summed E-state index contributed by atoms with van der Waals surface area (Å²) in [6.45, 7) is 3.86.